The summed E-state index contributed by atoms with van der Waals surface area (Å²) in [6.07, 6.45) is 0. The molecule has 0 bridgehead atoms. The van der Waals surface area contributed by atoms with Crippen molar-refractivity contribution in [2.45, 2.75) is 0 Å². The number of anilines is 1. The van der Waals surface area contributed by atoms with E-state index < -0.39 is 0 Å². The molecule has 0 radical (unpaired) electrons. The van der Waals surface area contributed by atoms with Crippen LogP contribution in [0, 0.1) is 0 Å². The molecule has 0 heterocycles. The average Bonchev–Trinajstić information content (AvgIpc) is 1.69. The maximum Gasteiger partial charge on any atom is 0.0313 e. The number of halogens is 1. The first-order valence-electron chi connectivity index (χ1n) is 2.20. The van der Waals surface area contributed by atoms with Crippen LogP contribution in [-0.2, 0) is 0 Å². The molecule has 0 aliphatic heterocycles. The highest BCUT2D eigenvalue weighted by molar-refractivity contribution is 5.35. The molecule has 1 rings (SSSR count). The molecule has 0 unspecified atom stereocenters. The third kappa shape index (κ3) is 4.23. The van der Waals surface area contributed by atoms with Gasteiger partial charge in [-0.25, -0.2) is 0 Å². The fourth-order valence-electron chi connectivity index (χ4n) is 0.453. The van der Waals surface area contributed by atoms with Crippen LogP contribution in [0.25, 0.3) is 0 Å². The van der Waals surface area contributed by atoms with Crippen LogP contribution in [0.5, 0.6) is 0 Å². The van der Waals surface area contributed by atoms with Gasteiger partial charge in [-0.15, -0.1) is 0 Å². The molecule has 2 nitrogen and oxygen atoms in total. The minimum absolute atomic E-state index is 0. The summed E-state index contributed by atoms with van der Waals surface area (Å²) in [7, 11) is 0. The fraction of sp³-hybridized carbons (Fsp3) is 0. The summed E-state index contributed by atoms with van der Waals surface area (Å²) in [6.45, 7) is 0. The van der Waals surface area contributed by atoms with Crippen molar-refractivity contribution < 1.29 is 24.0 Å². The molecule has 3 heteroatoms. The van der Waals surface area contributed by atoms with Gasteiger partial charge in [0.1, 0.15) is 0 Å². The molecule has 0 aliphatic rings. The van der Waals surface area contributed by atoms with Gasteiger partial charge >= 0.3 is 0 Å². The van der Waals surface area contributed by atoms with Gasteiger partial charge in [-0.05, 0) is 12.1 Å². The summed E-state index contributed by atoms with van der Waals surface area (Å²) < 4.78 is 0. The Hall–Kier alpha value is -0.290. The summed E-state index contributed by atoms with van der Waals surface area (Å²) in [6, 6.07) is 9.49. The van der Waals surface area contributed by atoms with Crippen molar-refractivity contribution >= 4 is 5.69 Å². The van der Waals surface area contributed by atoms with Gasteiger partial charge in [0.05, 0.1) is 0 Å². The van der Waals surface area contributed by atoms with Crippen LogP contribution in [0.2, 0.25) is 0 Å². The largest absolute Gasteiger partial charge is 1.00 e. The summed E-state index contributed by atoms with van der Waals surface area (Å²) in [5, 5.41) is 0. The first-order valence-corrected chi connectivity index (χ1v) is 2.20. The van der Waals surface area contributed by atoms with Crippen molar-refractivity contribution in [2.75, 3.05) is 5.73 Å². The van der Waals surface area contributed by atoms with E-state index in [0.29, 0.717) is 0 Å². The summed E-state index contributed by atoms with van der Waals surface area (Å²) >= 11 is 0. The average molecular weight is 238 g/mol. The molecule has 0 aromatic heterocycles. The van der Waals surface area contributed by atoms with Crippen LogP contribution in [0.3, 0.4) is 0 Å². The normalized spacial score (nSPS) is 6.67. The number of nitrogen functional groups attached to an aromatic ring is 1. The van der Waals surface area contributed by atoms with Gasteiger partial charge in [-0.3, -0.25) is 0 Å². The first kappa shape index (κ1) is 11.5. The SMILES string of the molecule is Nc1ccccc1.[I-].[NH4+]. The minimum atomic E-state index is 0. The van der Waals surface area contributed by atoms with Crippen LogP contribution in [0.1, 0.15) is 0 Å². The van der Waals surface area contributed by atoms with Gasteiger partial charge in [0.15, 0.2) is 0 Å². The standard InChI is InChI=1S/C6H7N.HI.H3N/c7-6-4-2-1-3-5-6;;/h1-5H,7H2;1H;1H3. The number of hydrogen-bond acceptors (Lipinski definition) is 1. The maximum atomic E-state index is 5.36. The van der Waals surface area contributed by atoms with E-state index in [2.05, 4.69) is 0 Å². The predicted molar refractivity (Wildman–Crippen MR) is 36.8 cm³/mol. The number of hydrogen-bond donors (Lipinski definition) is 2. The van der Waals surface area contributed by atoms with E-state index in [1.54, 1.807) is 0 Å². The lowest BCUT2D eigenvalue weighted by atomic mass is 10.3. The zero-order chi connectivity index (χ0) is 5.11. The van der Waals surface area contributed by atoms with Crippen molar-refractivity contribution in [1.29, 1.82) is 0 Å². The molecule has 0 aliphatic carbocycles. The van der Waals surface area contributed by atoms with Crippen molar-refractivity contribution in [2.24, 2.45) is 0 Å². The Bertz CT molecular complexity index is 141. The number of rotatable bonds is 0. The van der Waals surface area contributed by atoms with E-state index in [1.165, 1.54) is 0 Å². The highest BCUT2D eigenvalue weighted by atomic mass is 127. The molecule has 0 fully saturated rings. The van der Waals surface area contributed by atoms with Crippen LogP contribution >= 0.6 is 0 Å². The van der Waals surface area contributed by atoms with Gasteiger partial charge in [0.2, 0.25) is 0 Å². The van der Waals surface area contributed by atoms with Crippen LogP contribution in [-0.4, -0.2) is 0 Å². The Kier molecular flexibility index (Phi) is 7.46. The number of benzene rings is 1. The van der Waals surface area contributed by atoms with E-state index in [0.717, 1.165) is 5.69 Å². The van der Waals surface area contributed by atoms with E-state index in [1.807, 2.05) is 30.3 Å². The Morgan fingerprint density at radius 2 is 1.44 bits per heavy atom. The Morgan fingerprint density at radius 3 is 1.67 bits per heavy atom. The van der Waals surface area contributed by atoms with E-state index in [4.69, 9.17) is 5.73 Å². The highest BCUT2D eigenvalue weighted by Crippen LogP contribution is 1.95. The quantitative estimate of drug-likeness (QED) is 0.426. The molecule has 0 atom stereocenters. The van der Waals surface area contributed by atoms with Crippen LogP contribution in [0.15, 0.2) is 30.3 Å². The molecule has 0 saturated heterocycles. The predicted octanol–water partition coefficient (Wildman–Crippen LogP) is -1.35. The lowest BCUT2D eigenvalue weighted by Crippen LogP contribution is -3.00. The molecular weight excluding hydrogens is 227 g/mol. The second-order valence-electron chi connectivity index (χ2n) is 1.41. The van der Waals surface area contributed by atoms with Crippen LogP contribution in [0.4, 0.5) is 5.69 Å². The minimum Gasteiger partial charge on any atom is -1.00 e. The lowest BCUT2D eigenvalue weighted by molar-refractivity contribution is -0.00000192. The van der Waals surface area contributed by atoms with Gasteiger partial charge in [0.25, 0.3) is 0 Å². The van der Waals surface area contributed by atoms with Gasteiger partial charge < -0.3 is 35.9 Å². The van der Waals surface area contributed by atoms with Gasteiger partial charge in [0, 0.05) is 5.69 Å². The van der Waals surface area contributed by atoms with E-state index in [-0.39, 0.29) is 30.1 Å². The molecule has 0 amide bonds. The number of nitrogens with two attached hydrogens (primary N) is 1. The number of para-hydroxylation sites is 1. The topological polar surface area (TPSA) is 62.5 Å². The monoisotopic (exact) mass is 238 g/mol. The molecule has 9 heavy (non-hydrogen) atoms. The zero-order valence-electron chi connectivity index (χ0n) is 5.34. The Labute approximate surface area is 72.1 Å². The highest BCUT2D eigenvalue weighted by Gasteiger charge is 1.72. The molecule has 6 N–H and O–H groups in total. The smallest absolute Gasteiger partial charge is 0.0313 e. The van der Waals surface area contributed by atoms with E-state index >= 15 is 0 Å². The third-order valence-electron chi connectivity index (χ3n) is 0.800. The summed E-state index contributed by atoms with van der Waals surface area (Å²) in [5.41, 5.74) is 6.18. The molecule has 1 aromatic carbocycles. The Balaban J connectivity index is 0. The first-order chi connectivity index (χ1) is 3.39. The van der Waals surface area contributed by atoms with Crippen molar-refractivity contribution in [3.63, 3.8) is 0 Å². The second-order valence-corrected chi connectivity index (χ2v) is 1.41. The molecule has 52 valence electrons. The molecule has 1 aromatic rings. The molecule has 0 spiro atoms. The lowest BCUT2D eigenvalue weighted by Gasteiger charge is -1.83. The molecule has 0 saturated carbocycles. The van der Waals surface area contributed by atoms with Gasteiger partial charge in [-0.1, -0.05) is 18.2 Å². The van der Waals surface area contributed by atoms with Crippen molar-refractivity contribution in [3.05, 3.63) is 30.3 Å². The molecular formula is C6H11IN2. The van der Waals surface area contributed by atoms with Gasteiger partial charge in [-0.2, -0.15) is 0 Å². The Morgan fingerprint density at radius 1 is 1.00 bits per heavy atom. The fourth-order valence-corrected chi connectivity index (χ4v) is 0.453. The van der Waals surface area contributed by atoms with Crippen molar-refractivity contribution in [3.8, 4) is 0 Å². The number of quaternary nitrogens is 1. The maximum absolute atomic E-state index is 5.36. The van der Waals surface area contributed by atoms with E-state index in [9.17, 15) is 0 Å². The summed E-state index contributed by atoms with van der Waals surface area (Å²) in [5.74, 6) is 0. The van der Waals surface area contributed by atoms with Crippen molar-refractivity contribution in [1.82, 2.24) is 6.15 Å². The van der Waals surface area contributed by atoms with Crippen LogP contribution < -0.4 is 35.9 Å². The third-order valence-corrected chi connectivity index (χ3v) is 0.800. The zero-order valence-corrected chi connectivity index (χ0v) is 7.50. The summed E-state index contributed by atoms with van der Waals surface area (Å²) in [4.78, 5) is 0. The second kappa shape index (κ2) is 5.84.